The van der Waals surface area contributed by atoms with Crippen molar-refractivity contribution in [3.63, 3.8) is 0 Å². The van der Waals surface area contributed by atoms with Crippen LogP contribution in [-0.2, 0) is 0 Å². The Bertz CT molecular complexity index is 719. The highest BCUT2D eigenvalue weighted by molar-refractivity contribution is 6.01. The highest BCUT2D eigenvalue weighted by atomic mass is 16.6. The number of amides is 1. The number of nitrogens with two attached hydrogens (primary N) is 1. The predicted octanol–water partition coefficient (Wildman–Crippen LogP) is 2.42. The molecule has 1 atom stereocenters. The lowest BCUT2D eigenvalue weighted by atomic mass is 10.0. The zero-order valence-corrected chi connectivity index (χ0v) is 13.0. The van der Waals surface area contributed by atoms with E-state index in [1.54, 1.807) is 0 Å². The predicted molar refractivity (Wildman–Crippen MR) is 90.5 cm³/mol. The molecule has 24 heavy (non-hydrogen) atoms. The van der Waals surface area contributed by atoms with E-state index in [9.17, 15) is 14.9 Å². The van der Waals surface area contributed by atoms with Gasteiger partial charge in [0.05, 0.1) is 16.5 Å². The quantitative estimate of drug-likeness (QED) is 0.409. The molecule has 0 bridgehead atoms. The first kappa shape index (κ1) is 17.4. The Morgan fingerprint density at radius 3 is 2.54 bits per heavy atom. The second-order valence-corrected chi connectivity index (χ2v) is 5.30. The number of anilines is 1. The van der Waals surface area contributed by atoms with E-state index < -0.39 is 10.8 Å². The first-order chi connectivity index (χ1) is 11.5. The zero-order chi connectivity index (χ0) is 17.5. The minimum atomic E-state index is -0.618. The Balaban J connectivity index is 2.25. The molecule has 0 aliphatic heterocycles. The maximum Gasteiger partial charge on any atom is 0.292 e. The molecule has 126 valence electrons. The number of carbonyl (C=O) groups excluding carboxylic acids is 1. The second kappa shape index (κ2) is 8.07. The molecule has 4 N–H and O–H groups in total. The van der Waals surface area contributed by atoms with E-state index in [0.29, 0.717) is 12.8 Å². The van der Waals surface area contributed by atoms with Gasteiger partial charge >= 0.3 is 0 Å². The van der Waals surface area contributed by atoms with Gasteiger partial charge in [-0.3, -0.25) is 14.9 Å². The minimum Gasteiger partial charge on any atom is -0.396 e. The highest BCUT2D eigenvalue weighted by Crippen LogP contribution is 2.26. The fraction of sp³-hybridized carbons (Fsp3) is 0.235. The molecular weight excluding hydrogens is 310 g/mol. The molecule has 0 saturated carbocycles. The number of nitro benzene ring substituents is 1. The third-order valence-corrected chi connectivity index (χ3v) is 3.68. The number of nitrogens with one attached hydrogen (secondary N) is 1. The summed E-state index contributed by atoms with van der Waals surface area (Å²) in [7, 11) is 0. The molecule has 0 saturated heterocycles. The number of hydrogen-bond donors (Lipinski definition) is 3. The summed E-state index contributed by atoms with van der Waals surface area (Å²) in [5, 5.41) is 22.8. The summed E-state index contributed by atoms with van der Waals surface area (Å²) in [5.41, 5.74) is 6.26. The molecule has 0 fully saturated rings. The van der Waals surface area contributed by atoms with Crippen molar-refractivity contribution in [3.05, 3.63) is 69.8 Å². The van der Waals surface area contributed by atoms with Gasteiger partial charge in [-0.05, 0) is 24.5 Å². The smallest absolute Gasteiger partial charge is 0.292 e. The molecule has 7 nitrogen and oxygen atoms in total. The lowest BCUT2D eigenvalue weighted by molar-refractivity contribution is -0.383. The van der Waals surface area contributed by atoms with E-state index in [1.807, 2.05) is 30.3 Å². The standard InChI is InChI=1S/C17H19N3O4/c18-16-13(8-4-10-15(16)20(23)24)17(22)19-14(9-5-11-21)12-6-2-1-3-7-12/h1-4,6-8,10,14,21H,5,9,11,18H2,(H,19,22). The first-order valence-electron chi connectivity index (χ1n) is 7.54. The van der Waals surface area contributed by atoms with E-state index in [4.69, 9.17) is 10.8 Å². The topological polar surface area (TPSA) is 118 Å². The van der Waals surface area contributed by atoms with Gasteiger partial charge in [0.15, 0.2) is 0 Å². The van der Waals surface area contributed by atoms with Crippen LogP contribution in [0.3, 0.4) is 0 Å². The number of benzene rings is 2. The molecule has 2 rings (SSSR count). The van der Waals surface area contributed by atoms with Crippen molar-refractivity contribution in [3.8, 4) is 0 Å². The number of aliphatic hydroxyl groups excluding tert-OH is 1. The molecule has 0 heterocycles. The molecular formula is C17H19N3O4. The lowest BCUT2D eigenvalue weighted by Gasteiger charge is -2.19. The van der Waals surface area contributed by atoms with Crippen molar-refractivity contribution >= 4 is 17.3 Å². The average Bonchev–Trinajstić information content (AvgIpc) is 2.59. The summed E-state index contributed by atoms with van der Waals surface area (Å²) in [6, 6.07) is 13.1. The number of nitro groups is 1. The van der Waals surface area contributed by atoms with Crippen molar-refractivity contribution in [2.24, 2.45) is 0 Å². The Hall–Kier alpha value is -2.93. The maximum absolute atomic E-state index is 12.5. The van der Waals surface area contributed by atoms with Gasteiger partial charge in [0.2, 0.25) is 0 Å². The maximum atomic E-state index is 12.5. The summed E-state index contributed by atoms with van der Waals surface area (Å²) < 4.78 is 0. The minimum absolute atomic E-state index is 0.0121. The second-order valence-electron chi connectivity index (χ2n) is 5.30. The largest absolute Gasteiger partial charge is 0.396 e. The monoisotopic (exact) mass is 329 g/mol. The molecule has 2 aromatic rings. The van der Waals surface area contributed by atoms with Crippen LogP contribution < -0.4 is 11.1 Å². The number of carbonyl (C=O) groups is 1. The van der Waals surface area contributed by atoms with Crippen LogP contribution in [0.5, 0.6) is 0 Å². The van der Waals surface area contributed by atoms with Gasteiger partial charge in [0.1, 0.15) is 5.69 Å². The van der Waals surface area contributed by atoms with Crippen LogP contribution in [0, 0.1) is 10.1 Å². The number of nitrogens with zero attached hydrogens (tertiary/aromatic N) is 1. The summed E-state index contributed by atoms with van der Waals surface area (Å²) >= 11 is 0. The van der Waals surface area contributed by atoms with Gasteiger partial charge < -0.3 is 16.2 Å². The van der Waals surface area contributed by atoms with Crippen molar-refractivity contribution in [2.75, 3.05) is 12.3 Å². The third-order valence-electron chi connectivity index (χ3n) is 3.68. The highest BCUT2D eigenvalue weighted by Gasteiger charge is 2.21. The molecule has 0 aromatic heterocycles. The SMILES string of the molecule is Nc1c(C(=O)NC(CCCO)c2ccccc2)cccc1[N+](=O)[O-]. The Kier molecular flexibility index (Phi) is 5.86. The van der Waals surface area contributed by atoms with Gasteiger partial charge in [-0.25, -0.2) is 0 Å². The Labute approximate surface area is 139 Å². The summed E-state index contributed by atoms with van der Waals surface area (Å²) in [4.78, 5) is 22.8. The summed E-state index contributed by atoms with van der Waals surface area (Å²) in [6.07, 6.45) is 1.06. The number of rotatable bonds is 7. The van der Waals surface area contributed by atoms with Crippen LogP contribution in [0.2, 0.25) is 0 Å². The normalized spacial score (nSPS) is 11.7. The molecule has 0 spiro atoms. The van der Waals surface area contributed by atoms with Crippen LogP contribution >= 0.6 is 0 Å². The lowest BCUT2D eigenvalue weighted by Crippen LogP contribution is -2.29. The van der Waals surface area contributed by atoms with E-state index >= 15 is 0 Å². The molecule has 0 radical (unpaired) electrons. The number of para-hydroxylation sites is 1. The van der Waals surface area contributed by atoms with Gasteiger partial charge in [-0.1, -0.05) is 36.4 Å². The Morgan fingerprint density at radius 2 is 1.92 bits per heavy atom. The average molecular weight is 329 g/mol. The fourth-order valence-corrected chi connectivity index (χ4v) is 2.45. The Morgan fingerprint density at radius 1 is 1.21 bits per heavy atom. The first-order valence-corrected chi connectivity index (χ1v) is 7.54. The zero-order valence-electron chi connectivity index (χ0n) is 13.0. The van der Waals surface area contributed by atoms with Crippen LogP contribution in [0.15, 0.2) is 48.5 Å². The van der Waals surface area contributed by atoms with E-state index in [0.717, 1.165) is 5.56 Å². The van der Waals surface area contributed by atoms with E-state index in [-0.39, 0.29) is 29.6 Å². The van der Waals surface area contributed by atoms with Crippen molar-refractivity contribution in [2.45, 2.75) is 18.9 Å². The van der Waals surface area contributed by atoms with Crippen LogP contribution in [0.1, 0.15) is 34.8 Å². The van der Waals surface area contributed by atoms with Gasteiger partial charge in [-0.2, -0.15) is 0 Å². The van der Waals surface area contributed by atoms with Crippen molar-refractivity contribution in [1.29, 1.82) is 0 Å². The van der Waals surface area contributed by atoms with Crippen LogP contribution in [0.25, 0.3) is 0 Å². The molecule has 1 amide bonds. The number of aliphatic hydroxyl groups is 1. The molecule has 7 heteroatoms. The van der Waals surface area contributed by atoms with Crippen LogP contribution in [0.4, 0.5) is 11.4 Å². The summed E-state index contributed by atoms with van der Waals surface area (Å²) in [6.45, 7) is 0.0121. The number of nitrogen functional groups attached to an aromatic ring is 1. The van der Waals surface area contributed by atoms with Gasteiger partial charge in [-0.15, -0.1) is 0 Å². The van der Waals surface area contributed by atoms with Gasteiger partial charge in [0, 0.05) is 12.7 Å². The van der Waals surface area contributed by atoms with Crippen LogP contribution in [-0.4, -0.2) is 22.5 Å². The molecule has 0 aliphatic carbocycles. The fourth-order valence-electron chi connectivity index (χ4n) is 2.45. The number of hydrogen-bond acceptors (Lipinski definition) is 5. The van der Waals surface area contributed by atoms with E-state index in [1.165, 1.54) is 18.2 Å². The summed E-state index contributed by atoms with van der Waals surface area (Å²) in [5.74, 6) is -0.483. The van der Waals surface area contributed by atoms with Crippen molar-refractivity contribution in [1.82, 2.24) is 5.32 Å². The molecule has 2 aromatic carbocycles. The molecule has 1 unspecified atom stereocenters. The molecule has 0 aliphatic rings. The van der Waals surface area contributed by atoms with E-state index in [2.05, 4.69) is 5.32 Å². The van der Waals surface area contributed by atoms with Gasteiger partial charge in [0.25, 0.3) is 11.6 Å². The third kappa shape index (κ3) is 4.08. The van der Waals surface area contributed by atoms with Crippen molar-refractivity contribution < 1.29 is 14.8 Å².